The quantitative estimate of drug-likeness (QED) is 0.614. The lowest BCUT2D eigenvalue weighted by molar-refractivity contribution is -0.140. The number of carbonyl (C=O) groups is 2. The van der Waals surface area contributed by atoms with Crippen LogP contribution in [0.3, 0.4) is 0 Å². The van der Waals surface area contributed by atoms with Gasteiger partial charge in [0.25, 0.3) is 5.91 Å². The molecule has 3 fully saturated rings. The average molecular weight is 432 g/mol. The molecule has 0 spiro atoms. The maximum absolute atomic E-state index is 13.4. The molecule has 1 aromatic carbocycles. The zero-order chi connectivity index (χ0) is 21.6. The van der Waals surface area contributed by atoms with Gasteiger partial charge in [0.15, 0.2) is 0 Å². The van der Waals surface area contributed by atoms with E-state index in [9.17, 15) is 9.59 Å². The first-order valence-corrected chi connectivity index (χ1v) is 11.3. The second kappa shape index (κ2) is 10.4. The fourth-order valence-corrected chi connectivity index (χ4v) is 4.17. The Morgan fingerprint density at radius 1 is 1.16 bits per heavy atom. The molecule has 1 atom stereocenters. The van der Waals surface area contributed by atoms with E-state index in [2.05, 4.69) is 4.90 Å². The minimum atomic E-state index is -0.171. The van der Waals surface area contributed by atoms with Gasteiger partial charge in [-0.15, -0.1) is 0 Å². The molecule has 8 nitrogen and oxygen atoms in total. The summed E-state index contributed by atoms with van der Waals surface area (Å²) in [7, 11) is 1.60. The number of ether oxygens (including phenoxy) is 3. The van der Waals surface area contributed by atoms with Crippen molar-refractivity contribution in [1.29, 1.82) is 0 Å². The molecule has 2 aliphatic heterocycles. The summed E-state index contributed by atoms with van der Waals surface area (Å²) in [5.41, 5.74) is 0.600. The number of amides is 2. The van der Waals surface area contributed by atoms with Crippen LogP contribution in [0.15, 0.2) is 24.3 Å². The molecule has 170 valence electrons. The Kier molecular flexibility index (Phi) is 7.42. The molecule has 2 heterocycles. The lowest BCUT2D eigenvalue weighted by atomic mass is 10.1. The number of hydrogen-bond acceptors (Lipinski definition) is 6. The van der Waals surface area contributed by atoms with Crippen LogP contribution in [-0.2, 0) is 14.3 Å². The smallest absolute Gasteiger partial charge is 0.254 e. The van der Waals surface area contributed by atoms with Crippen LogP contribution in [0.4, 0.5) is 0 Å². The van der Waals surface area contributed by atoms with Crippen LogP contribution in [0.2, 0.25) is 0 Å². The number of rotatable bonds is 8. The normalized spacial score (nSPS) is 22.2. The number of methoxy groups -OCH3 is 1. The molecule has 0 bridgehead atoms. The van der Waals surface area contributed by atoms with Gasteiger partial charge in [0.2, 0.25) is 5.91 Å². The molecule has 0 radical (unpaired) electrons. The summed E-state index contributed by atoms with van der Waals surface area (Å²) in [6.07, 6.45) is 1.83. The first kappa shape index (κ1) is 22.0. The zero-order valence-electron chi connectivity index (χ0n) is 18.3. The molecule has 1 unspecified atom stereocenters. The Balaban J connectivity index is 1.42. The first-order chi connectivity index (χ1) is 15.1. The molecule has 0 aromatic heterocycles. The molecule has 1 aliphatic carbocycles. The van der Waals surface area contributed by atoms with E-state index in [1.165, 1.54) is 0 Å². The van der Waals surface area contributed by atoms with Crippen LogP contribution in [-0.4, -0.2) is 105 Å². The highest BCUT2D eigenvalue weighted by atomic mass is 16.5. The van der Waals surface area contributed by atoms with Crippen molar-refractivity contribution >= 4 is 11.8 Å². The van der Waals surface area contributed by atoms with Crippen molar-refractivity contribution < 1.29 is 23.8 Å². The Hall–Kier alpha value is -2.16. The molecule has 31 heavy (non-hydrogen) atoms. The van der Waals surface area contributed by atoms with Gasteiger partial charge in [-0.1, -0.05) is 6.07 Å². The number of benzene rings is 1. The molecule has 2 saturated heterocycles. The fourth-order valence-electron chi connectivity index (χ4n) is 4.17. The number of hydrogen-bond donors (Lipinski definition) is 0. The Morgan fingerprint density at radius 3 is 2.71 bits per heavy atom. The van der Waals surface area contributed by atoms with Crippen molar-refractivity contribution in [2.24, 2.45) is 5.92 Å². The number of nitrogens with zero attached hydrogens (tertiary/aromatic N) is 3. The van der Waals surface area contributed by atoms with Crippen LogP contribution in [0, 0.1) is 5.92 Å². The van der Waals surface area contributed by atoms with Gasteiger partial charge >= 0.3 is 0 Å². The highest BCUT2D eigenvalue weighted by Crippen LogP contribution is 2.31. The number of carbonyl (C=O) groups excluding carboxylic acids is 2. The summed E-state index contributed by atoms with van der Waals surface area (Å²) in [6.45, 7) is 6.79. The maximum Gasteiger partial charge on any atom is 0.254 e. The van der Waals surface area contributed by atoms with Gasteiger partial charge in [-0.25, -0.2) is 0 Å². The van der Waals surface area contributed by atoms with E-state index in [1.54, 1.807) is 13.2 Å². The Bertz CT molecular complexity index is 763. The largest absolute Gasteiger partial charge is 0.497 e. The lowest BCUT2D eigenvalue weighted by Crippen LogP contribution is -2.52. The van der Waals surface area contributed by atoms with Crippen LogP contribution < -0.4 is 4.74 Å². The number of morpholine rings is 2. The summed E-state index contributed by atoms with van der Waals surface area (Å²) in [5.74, 6) is 1.07. The molecule has 2 amide bonds. The van der Waals surface area contributed by atoms with E-state index >= 15 is 0 Å². The first-order valence-electron chi connectivity index (χ1n) is 11.3. The monoisotopic (exact) mass is 431 g/mol. The van der Waals surface area contributed by atoms with Crippen molar-refractivity contribution in [3.63, 3.8) is 0 Å². The van der Waals surface area contributed by atoms with E-state index in [0.29, 0.717) is 44.1 Å². The molecule has 1 saturated carbocycles. The molecule has 8 heteroatoms. The average Bonchev–Trinajstić information content (AvgIpc) is 3.67. The van der Waals surface area contributed by atoms with Crippen molar-refractivity contribution in [3.05, 3.63) is 29.8 Å². The second-order valence-electron chi connectivity index (χ2n) is 8.49. The van der Waals surface area contributed by atoms with Gasteiger partial charge in [-0.2, -0.15) is 0 Å². The van der Waals surface area contributed by atoms with Gasteiger partial charge in [-0.05, 0) is 31.0 Å². The molecule has 1 aromatic rings. The second-order valence-corrected chi connectivity index (χ2v) is 8.49. The molecule has 0 N–H and O–H groups in total. The molecular weight excluding hydrogens is 398 g/mol. The van der Waals surface area contributed by atoms with Crippen LogP contribution >= 0.6 is 0 Å². The SMILES string of the molecule is COc1cccc(C(=O)N(CCN2CCOCC2)CC2CN(C(=O)C3CC3)CCO2)c1. The van der Waals surface area contributed by atoms with Crippen molar-refractivity contribution in [2.75, 3.05) is 72.7 Å². The summed E-state index contributed by atoms with van der Waals surface area (Å²) in [6, 6.07) is 7.26. The zero-order valence-corrected chi connectivity index (χ0v) is 18.3. The van der Waals surface area contributed by atoms with E-state index < -0.39 is 0 Å². The van der Waals surface area contributed by atoms with E-state index in [1.807, 2.05) is 28.0 Å². The summed E-state index contributed by atoms with van der Waals surface area (Å²) >= 11 is 0. The maximum atomic E-state index is 13.4. The molecular formula is C23H33N3O5. The van der Waals surface area contributed by atoms with Crippen LogP contribution in [0.1, 0.15) is 23.2 Å². The molecule has 4 rings (SSSR count). The van der Waals surface area contributed by atoms with E-state index in [0.717, 1.165) is 45.7 Å². The van der Waals surface area contributed by atoms with Crippen LogP contribution in [0.5, 0.6) is 5.75 Å². The van der Waals surface area contributed by atoms with Gasteiger partial charge in [-0.3, -0.25) is 14.5 Å². The van der Waals surface area contributed by atoms with Gasteiger partial charge in [0.1, 0.15) is 5.75 Å². The van der Waals surface area contributed by atoms with Crippen LogP contribution in [0.25, 0.3) is 0 Å². The Labute approximate surface area is 184 Å². The topological polar surface area (TPSA) is 71.6 Å². The fraction of sp³-hybridized carbons (Fsp3) is 0.652. The summed E-state index contributed by atoms with van der Waals surface area (Å²) in [4.78, 5) is 32.0. The third kappa shape index (κ3) is 5.96. The Morgan fingerprint density at radius 2 is 1.97 bits per heavy atom. The summed E-state index contributed by atoms with van der Waals surface area (Å²) < 4.78 is 16.7. The highest BCUT2D eigenvalue weighted by molar-refractivity contribution is 5.94. The third-order valence-corrected chi connectivity index (χ3v) is 6.19. The predicted octanol–water partition coefficient (Wildman–Crippen LogP) is 1.11. The predicted molar refractivity (Wildman–Crippen MR) is 115 cm³/mol. The van der Waals surface area contributed by atoms with Crippen molar-refractivity contribution in [1.82, 2.24) is 14.7 Å². The minimum Gasteiger partial charge on any atom is -0.497 e. The third-order valence-electron chi connectivity index (χ3n) is 6.19. The highest BCUT2D eigenvalue weighted by Gasteiger charge is 2.36. The standard InChI is InChI=1S/C23H33N3O5/c1-29-20-4-2-3-19(15-20)23(28)25(8-7-24-9-12-30-13-10-24)16-21-17-26(11-14-31-21)22(27)18-5-6-18/h2-4,15,18,21H,5-14,16-17H2,1H3. The van der Waals surface area contributed by atoms with Crippen molar-refractivity contribution in [2.45, 2.75) is 18.9 Å². The lowest BCUT2D eigenvalue weighted by Gasteiger charge is -2.37. The van der Waals surface area contributed by atoms with E-state index in [-0.39, 0.29) is 23.8 Å². The summed E-state index contributed by atoms with van der Waals surface area (Å²) in [5, 5.41) is 0. The van der Waals surface area contributed by atoms with Gasteiger partial charge in [0.05, 0.1) is 33.0 Å². The van der Waals surface area contributed by atoms with Crippen molar-refractivity contribution in [3.8, 4) is 5.75 Å². The van der Waals surface area contributed by atoms with E-state index in [4.69, 9.17) is 14.2 Å². The minimum absolute atomic E-state index is 0.0404. The van der Waals surface area contributed by atoms with Gasteiger partial charge < -0.3 is 24.0 Å². The van der Waals surface area contributed by atoms with Gasteiger partial charge in [0, 0.05) is 57.3 Å². The molecule has 3 aliphatic rings.